The van der Waals surface area contributed by atoms with Crippen molar-refractivity contribution in [1.29, 1.82) is 0 Å². The van der Waals surface area contributed by atoms with Gasteiger partial charge in [0, 0.05) is 12.6 Å². The summed E-state index contributed by atoms with van der Waals surface area (Å²) in [5, 5.41) is 16.5. The highest BCUT2D eigenvalue weighted by atomic mass is 16.3. The van der Waals surface area contributed by atoms with Crippen LogP contribution in [0.1, 0.15) is 35.6 Å². The molecule has 21 heavy (non-hydrogen) atoms. The van der Waals surface area contributed by atoms with E-state index >= 15 is 0 Å². The number of H-pyrrole nitrogens is 1. The lowest BCUT2D eigenvalue weighted by Gasteiger charge is -2.22. The van der Waals surface area contributed by atoms with Crippen LogP contribution in [-0.2, 0) is 6.42 Å². The lowest BCUT2D eigenvalue weighted by Crippen LogP contribution is -2.32. The Morgan fingerprint density at radius 1 is 1.43 bits per heavy atom. The molecular formula is C15H20N4O2. The fraction of sp³-hybridized carbons (Fsp3) is 0.333. The van der Waals surface area contributed by atoms with Gasteiger partial charge < -0.3 is 15.7 Å². The summed E-state index contributed by atoms with van der Waals surface area (Å²) in [6.45, 7) is 6.15. The molecule has 1 aromatic heterocycles. The molecule has 2 aromatic rings. The number of nitrogens with zero attached hydrogens (tertiary/aromatic N) is 2. The predicted molar refractivity (Wildman–Crippen MR) is 82.6 cm³/mol. The Bertz CT molecular complexity index is 664. The summed E-state index contributed by atoms with van der Waals surface area (Å²) in [7, 11) is 0. The fourth-order valence-electron chi connectivity index (χ4n) is 2.26. The Balaban J connectivity index is 2.43. The number of phenols is 1. The van der Waals surface area contributed by atoms with Crippen molar-refractivity contribution < 1.29 is 9.90 Å². The number of rotatable bonds is 4. The molecule has 6 heteroatoms. The second-order valence-electron chi connectivity index (χ2n) is 4.84. The van der Waals surface area contributed by atoms with Gasteiger partial charge in [-0.15, -0.1) is 0 Å². The fourth-order valence-corrected chi connectivity index (χ4v) is 2.26. The van der Waals surface area contributed by atoms with Gasteiger partial charge in [-0.05, 0) is 31.9 Å². The molecule has 6 nitrogen and oxygen atoms in total. The number of aromatic amines is 1. The van der Waals surface area contributed by atoms with E-state index in [1.165, 1.54) is 0 Å². The summed E-state index contributed by atoms with van der Waals surface area (Å²) < 4.78 is 0. The Kier molecular flexibility index (Phi) is 4.16. The van der Waals surface area contributed by atoms with Gasteiger partial charge in [-0.3, -0.25) is 9.89 Å². The molecule has 0 fully saturated rings. The first-order valence-electron chi connectivity index (χ1n) is 6.93. The predicted octanol–water partition coefficient (Wildman–Crippen LogP) is 2.24. The average Bonchev–Trinajstić information content (AvgIpc) is 2.84. The summed E-state index contributed by atoms with van der Waals surface area (Å²) in [5.41, 5.74) is 8.87. The number of hydrogen-bond donors (Lipinski definition) is 3. The minimum Gasteiger partial charge on any atom is -0.508 e. The number of anilines is 2. The van der Waals surface area contributed by atoms with Crippen molar-refractivity contribution in [3.63, 3.8) is 0 Å². The molecule has 0 unspecified atom stereocenters. The van der Waals surface area contributed by atoms with Crippen LogP contribution in [0.15, 0.2) is 18.2 Å². The van der Waals surface area contributed by atoms with Crippen LogP contribution in [0.5, 0.6) is 5.75 Å². The Morgan fingerprint density at radius 2 is 2.14 bits per heavy atom. The summed E-state index contributed by atoms with van der Waals surface area (Å²) in [4.78, 5) is 14.2. The number of benzene rings is 1. The van der Waals surface area contributed by atoms with Crippen LogP contribution in [0, 0.1) is 6.92 Å². The first-order valence-corrected chi connectivity index (χ1v) is 6.93. The third-order valence-corrected chi connectivity index (χ3v) is 3.48. The molecule has 2 rings (SSSR count). The molecule has 0 radical (unpaired) electrons. The van der Waals surface area contributed by atoms with E-state index in [-0.39, 0.29) is 17.4 Å². The molecule has 112 valence electrons. The lowest BCUT2D eigenvalue weighted by molar-refractivity contribution is 0.0984. The molecule has 0 spiro atoms. The normalized spacial score (nSPS) is 10.6. The molecule has 4 N–H and O–H groups in total. The topological polar surface area (TPSA) is 95.2 Å². The van der Waals surface area contributed by atoms with Crippen LogP contribution >= 0.6 is 0 Å². The van der Waals surface area contributed by atoms with Gasteiger partial charge in [0.05, 0.1) is 17.1 Å². The molecule has 1 heterocycles. The molecule has 0 bridgehead atoms. The van der Waals surface area contributed by atoms with Gasteiger partial charge in [0.1, 0.15) is 5.75 Å². The summed E-state index contributed by atoms with van der Waals surface area (Å²) >= 11 is 0. The van der Waals surface area contributed by atoms with E-state index in [2.05, 4.69) is 10.2 Å². The summed E-state index contributed by atoms with van der Waals surface area (Å²) in [5.74, 6) is -0.161. The average molecular weight is 288 g/mol. The Hall–Kier alpha value is -2.50. The third-order valence-electron chi connectivity index (χ3n) is 3.48. The van der Waals surface area contributed by atoms with Gasteiger partial charge >= 0.3 is 0 Å². The number of nitrogens with two attached hydrogens (primary N) is 1. The van der Waals surface area contributed by atoms with E-state index in [1.807, 2.05) is 20.8 Å². The molecule has 1 aromatic carbocycles. The van der Waals surface area contributed by atoms with Crippen molar-refractivity contribution in [2.75, 3.05) is 17.2 Å². The zero-order chi connectivity index (χ0) is 15.6. The van der Waals surface area contributed by atoms with Crippen molar-refractivity contribution in [1.82, 2.24) is 10.2 Å². The Labute approximate surface area is 123 Å². The number of phenolic OH excluding ortho intramolecular Hbond substituents is 1. The number of carbonyl (C=O) groups is 1. The van der Waals surface area contributed by atoms with Crippen molar-refractivity contribution in [2.45, 2.75) is 27.2 Å². The quantitative estimate of drug-likeness (QED) is 0.804. The highest BCUT2D eigenvalue weighted by Gasteiger charge is 2.24. The van der Waals surface area contributed by atoms with Gasteiger partial charge in [0.15, 0.2) is 5.69 Å². The molecule has 0 aliphatic rings. The highest BCUT2D eigenvalue weighted by Crippen LogP contribution is 2.27. The second kappa shape index (κ2) is 5.87. The SMILES string of the molecule is CCc1[nH]nc(C(=O)N(CC)c2cc(O)ccc2C)c1N. The van der Waals surface area contributed by atoms with Crippen molar-refractivity contribution >= 4 is 17.3 Å². The van der Waals surface area contributed by atoms with E-state index in [4.69, 9.17) is 5.73 Å². The summed E-state index contributed by atoms with van der Waals surface area (Å²) in [6.07, 6.45) is 0.684. The van der Waals surface area contributed by atoms with Gasteiger partial charge in [0.2, 0.25) is 0 Å². The van der Waals surface area contributed by atoms with Gasteiger partial charge in [-0.1, -0.05) is 13.0 Å². The van der Waals surface area contributed by atoms with E-state index < -0.39 is 0 Å². The van der Waals surface area contributed by atoms with Crippen LogP contribution in [0.25, 0.3) is 0 Å². The molecule has 0 aliphatic carbocycles. The number of nitrogens with one attached hydrogen (secondary N) is 1. The van der Waals surface area contributed by atoms with E-state index in [0.717, 1.165) is 11.3 Å². The van der Waals surface area contributed by atoms with Crippen LogP contribution < -0.4 is 10.6 Å². The maximum absolute atomic E-state index is 12.7. The lowest BCUT2D eigenvalue weighted by atomic mass is 10.1. The molecular weight excluding hydrogens is 268 g/mol. The number of amides is 1. The van der Waals surface area contributed by atoms with Gasteiger partial charge in [-0.25, -0.2) is 0 Å². The monoisotopic (exact) mass is 288 g/mol. The molecule has 0 saturated heterocycles. The molecule has 0 aliphatic heterocycles. The number of aryl methyl sites for hydroxylation is 2. The minimum atomic E-state index is -0.278. The van der Waals surface area contributed by atoms with E-state index in [1.54, 1.807) is 23.1 Å². The summed E-state index contributed by atoms with van der Waals surface area (Å²) in [6, 6.07) is 4.93. The molecule has 0 atom stereocenters. The zero-order valence-electron chi connectivity index (χ0n) is 12.5. The Morgan fingerprint density at radius 3 is 2.71 bits per heavy atom. The van der Waals surface area contributed by atoms with Crippen molar-refractivity contribution in [3.05, 3.63) is 35.2 Å². The maximum atomic E-state index is 12.7. The van der Waals surface area contributed by atoms with Crippen LogP contribution in [-0.4, -0.2) is 27.8 Å². The van der Waals surface area contributed by atoms with Crippen LogP contribution in [0.4, 0.5) is 11.4 Å². The number of nitrogen functional groups attached to an aromatic ring is 1. The van der Waals surface area contributed by atoms with E-state index in [9.17, 15) is 9.90 Å². The van der Waals surface area contributed by atoms with Gasteiger partial charge in [-0.2, -0.15) is 5.10 Å². The highest BCUT2D eigenvalue weighted by molar-refractivity contribution is 6.08. The molecule has 0 saturated carbocycles. The molecule has 1 amide bonds. The number of carbonyl (C=O) groups excluding carboxylic acids is 1. The smallest absolute Gasteiger partial charge is 0.280 e. The second-order valence-corrected chi connectivity index (χ2v) is 4.84. The number of aromatic hydroxyl groups is 1. The third kappa shape index (κ3) is 2.69. The standard InChI is InChI=1S/C15H20N4O2/c1-4-11-13(16)14(18-17-11)15(21)19(5-2)12-8-10(20)7-6-9(12)3/h6-8,20H,4-5,16H2,1-3H3,(H,17,18). The first kappa shape index (κ1) is 14.9. The largest absolute Gasteiger partial charge is 0.508 e. The minimum absolute atomic E-state index is 0.117. The van der Waals surface area contributed by atoms with Crippen LogP contribution in [0.3, 0.4) is 0 Å². The zero-order valence-corrected chi connectivity index (χ0v) is 12.5. The van der Waals surface area contributed by atoms with Crippen molar-refractivity contribution in [2.24, 2.45) is 0 Å². The maximum Gasteiger partial charge on any atom is 0.280 e. The van der Waals surface area contributed by atoms with Crippen LogP contribution in [0.2, 0.25) is 0 Å². The number of aromatic nitrogens is 2. The van der Waals surface area contributed by atoms with Gasteiger partial charge in [0.25, 0.3) is 5.91 Å². The first-order chi connectivity index (χ1) is 9.99. The number of hydrogen-bond acceptors (Lipinski definition) is 4. The van der Waals surface area contributed by atoms with Crippen molar-refractivity contribution in [3.8, 4) is 5.75 Å². The van der Waals surface area contributed by atoms with E-state index in [0.29, 0.717) is 24.3 Å².